The Morgan fingerprint density at radius 3 is 2.42 bits per heavy atom. The van der Waals surface area contributed by atoms with E-state index in [0.29, 0.717) is 31.9 Å². The summed E-state index contributed by atoms with van der Waals surface area (Å²) >= 11 is 0. The molecule has 7 heteroatoms. The molecule has 2 rings (SSSR count). The summed E-state index contributed by atoms with van der Waals surface area (Å²) in [5.41, 5.74) is 7.58. The molecule has 1 aromatic rings. The van der Waals surface area contributed by atoms with Gasteiger partial charge in [0.1, 0.15) is 0 Å². The Bertz CT molecular complexity index is 530. The molecule has 0 saturated carbocycles. The van der Waals surface area contributed by atoms with Crippen molar-refractivity contribution in [2.75, 3.05) is 19.8 Å². The Kier molecular flexibility index (Phi) is 8.74. The smallest absolute Gasteiger partial charge is 0.251 e. The minimum Gasteiger partial charge on any atom is -0.381 e. The molecule has 0 radical (unpaired) electrons. The van der Waals surface area contributed by atoms with Crippen molar-refractivity contribution in [3.63, 3.8) is 0 Å². The van der Waals surface area contributed by atoms with Gasteiger partial charge in [0.2, 0.25) is 5.91 Å². The van der Waals surface area contributed by atoms with Crippen LogP contribution >= 0.6 is 12.4 Å². The quantitative estimate of drug-likeness (QED) is 0.715. The fraction of sp³-hybridized carbons (Fsp3) is 0.529. The van der Waals surface area contributed by atoms with Crippen molar-refractivity contribution in [1.29, 1.82) is 0 Å². The van der Waals surface area contributed by atoms with Crippen molar-refractivity contribution in [1.82, 2.24) is 10.6 Å². The maximum atomic E-state index is 12.1. The lowest BCUT2D eigenvalue weighted by Crippen LogP contribution is -2.46. The van der Waals surface area contributed by atoms with Gasteiger partial charge < -0.3 is 21.1 Å². The van der Waals surface area contributed by atoms with Crippen LogP contribution in [0, 0.1) is 5.92 Å². The van der Waals surface area contributed by atoms with Gasteiger partial charge in [-0.15, -0.1) is 12.4 Å². The lowest BCUT2D eigenvalue weighted by atomic mass is 9.92. The van der Waals surface area contributed by atoms with Crippen molar-refractivity contribution < 1.29 is 14.3 Å². The highest BCUT2D eigenvalue weighted by Crippen LogP contribution is 2.17. The molecule has 24 heavy (non-hydrogen) atoms. The topological polar surface area (TPSA) is 93.5 Å². The fourth-order valence-corrected chi connectivity index (χ4v) is 2.63. The lowest BCUT2D eigenvalue weighted by Gasteiger charge is -2.26. The first-order valence-electron chi connectivity index (χ1n) is 8.10. The summed E-state index contributed by atoms with van der Waals surface area (Å²) in [7, 11) is 0. The van der Waals surface area contributed by atoms with E-state index >= 15 is 0 Å². The molecule has 1 heterocycles. The number of ether oxygens (including phenoxy) is 1. The Hall–Kier alpha value is -1.63. The normalized spacial score (nSPS) is 15.9. The molecule has 1 aromatic carbocycles. The third-order valence-electron chi connectivity index (χ3n) is 4.10. The largest absolute Gasteiger partial charge is 0.381 e. The highest BCUT2D eigenvalue weighted by molar-refractivity contribution is 5.94. The van der Waals surface area contributed by atoms with Crippen molar-refractivity contribution in [3.8, 4) is 0 Å². The third kappa shape index (κ3) is 5.78. The summed E-state index contributed by atoms with van der Waals surface area (Å²) < 4.78 is 5.29. The predicted molar refractivity (Wildman–Crippen MR) is 95.1 cm³/mol. The van der Waals surface area contributed by atoms with Crippen LogP contribution in [-0.2, 0) is 16.1 Å². The second kappa shape index (κ2) is 10.3. The van der Waals surface area contributed by atoms with Crippen molar-refractivity contribution in [3.05, 3.63) is 35.4 Å². The molecular weight excluding hydrogens is 330 g/mol. The number of hydrogen-bond acceptors (Lipinski definition) is 4. The molecular formula is C17H26ClN3O3. The fourth-order valence-electron chi connectivity index (χ4n) is 2.63. The van der Waals surface area contributed by atoms with E-state index in [9.17, 15) is 9.59 Å². The summed E-state index contributed by atoms with van der Waals surface area (Å²) in [6.45, 7) is 4.23. The standard InChI is InChI=1S/C17H25N3O3.ClH/c1-2-19-16(21)14-5-3-12(4-6-14)11-20-17(22)15(18)13-7-9-23-10-8-13;/h3-6,13,15H,2,7-11,18H2,1H3,(H,19,21)(H,20,22);1H. The van der Waals surface area contributed by atoms with E-state index in [4.69, 9.17) is 10.5 Å². The van der Waals surface area contributed by atoms with Crippen LogP contribution in [0.4, 0.5) is 0 Å². The van der Waals surface area contributed by atoms with Crippen LogP contribution in [0.15, 0.2) is 24.3 Å². The highest BCUT2D eigenvalue weighted by atomic mass is 35.5. The van der Waals surface area contributed by atoms with E-state index in [1.165, 1.54) is 0 Å². The molecule has 0 bridgehead atoms. The predicted octanol–water partition coefficient (Wildman–Crippen LogP) is 1.23. The van der Waals surface area contributed by atoms with E-state index < -0.39 is 6.04 Å². The number of benzene rings is 1. The first-order valence-corrected chi connectivity index (χ1v) is 8.10. The Morgan fingerprint density at radius 1 is 1.21 bits per heavy atom. The van der Waals surface area contributed by atoms with Gasteiger partial charge in [0.25, 0.3) is 5.91 Å². The average Bonchev–Trinajstić information content (AvgIpc) is 2.60. The van der Waals surface area contributed by atoms with Crippen LogP contribution in [-0.4, -0.2) is 37.6 Å². The molecule has 1 aliphatic rings. The molecule has 6 nitrogen and oxygen atoms in total. The summed E-state index contributed by atoms with van der Waals surface area (Å²) in [5.74, 6) is -0.0433. The summed E-state index contributed by atoms with van der Waals surface area (Å²) in [4.78, 5) is 23.8. The Morgan fingerprint density at radius 2 is 1.83 bits per heavy atom. The first kappa shape index (κ1) is 20.4. The number of amides is 2. The van der Waals surface area contributed by atoms with Crippen LogP contribution in [0.3, 0.4) is 0 Å². The number of hydrogen-bond donors (Lipinski definition) is 3. The van der Waals surface area contributed by atoms with Crippen molar-refractivity contribution in [2.45, 2.75) is 32.4 Å². The van der Waals surface area contributed by atoms with Gasteiger partial charge in [-0.05, 0) is 43.4 Å². The number of nitrogens with two attached hydrogens (primary N) is 1. The molecule has 1 atom stereocenters. The number of carbonyl (C=O) groups is 2. The molecule has 1 fully saturated rings. The number of halogens is 1. The minimum absolute atomic E-state index is 0. The molecule has 134 valence electrons. The average molecular weight is 356 g/mol. The van der Waals surface area contributed by atoms with E-state index in [0.717, 1.165) is 18.4 Å². The zero-order valence-electron chi connectivity index (χ0n) is 13.9. The minimum atomic E-state index is -0.492. The molecule has 1 aliphatic heterocycles. The van der Waals surface area contributed by atoms with E-state index in [1.807, 2.05) is 19.1 Å². The molecule has 0 aliphatic carbocycles. The van der Waals surface area contributed by atoms with Crippen LogP contribution in [0.5, 0.6) is 0 Å². The van der Waals surface area contributed by atoms with Gasteiger partial charge >= 0.3 is 0 Å². The van der Waals surface area contributed by atoms with E-state index in [-0.39, 0.29) is 30.1 Å². The number of nitrogens with one attached hydrogen (secondary N) is 2. The van der Waals surface area contributed by atoms with Gasteiger partial charge in [0.15, 0.2) is 0 Å². The van der Waals surface area contributed by atoms with Crippen molar-refractivity contribution >= 4 is 24.2 Å². The third-order valence-corrected chi connectivity index (χ3v) is 4.10. The van der Waals surface area contributed by atoms with Gasteiger partial charge in [-0.1, -0.05) is 12.1 Å². The first-order chi connectivity index (χ1) is 11.1. The van der Waals surface area contributed by atoms with Crippen molar-refractivity contribution in [2.24, 2.45) is 11.7 Å². The highest BCUT2D eigenvalue weighted by Gasteiger charge is 2.26. The number of rotatable bonds is 6. The maximum Gasteiger partial charge on any atom is 0.251 e. The SMILES string of the molecule is CCNC(=O)c1ccc(CNC(=O)C(N)C2CCOCC2)cc1.Cl. The van der Waals surface area contributed by atoms with Crippen LogP contribution in [0.2, 0.25) is 0 Å². The molecule has 0 aromatic heterocycles. The van der Waals surface area contributed by atoms with Crippen LogP contribution in [0.25, 0.3) is 0 Å². The van der Waals surface area contributed by atoms with Gasteiger partial charge in [-0.3, -0.25) is 9.59 Å². The van der Waals surface area contributed by atoms with E-state index in [2.05, 4.69) is 10.6 Å². The molecule has 4 N–H and O–H groups in total. The second-order valence-corrected chi connectivity index (χ2v) is 5.75. The zero-order chi connectivity index (χ0) is 16.7. The second-order valence-electron chi connectivity index (χ2n) is 5.75. The van der Waals surface area contributed by atoms with Gasteiger partial charge in [-0.25, -0.2) is 0 Å². The molecule has 1 saturated heterocycles. The number of carbonyl (C=O) groups excluding carboxylic acids is 2. The molecule has 2 amide bonds. The van der Waals surface area contributed by atoms with Gasteiger partial charge in [-0.2, -0.15) is 0 Å². The summed E-state index contributed by atoms with van der Waals surface area (Å²) in [5, 5.41) is 5.61. The molecule has 1 unspecified atom stereocenters. The van der Waals surface area contributed by atoms with E-state index in [1.54, 1.807) is 12.1 Å². The molecule has 0 spiro atoms. The maximum absolute atomic E-state index is 12.1. The van der Waals surface area contributed by atoms with Gasteiger partial charge in [0, 0.05) is 31.9 Å². The Balaban J connectivity index is 0.00000288. The van der Waals surface area contributed by atoms with Crippen LogP contribution in [0.1, 0.15) is 35.7 Å². The monoisotopic (exact) mass is 355 g/mol. The Labute approximate surface area is 148 Å². The zero-order valence-corrected chi connectivity index (χ0v) is 14.7. The van der Waals surface area contributed by atoms with Crippen LogP contribution < -0.4 is 16.4 Å². The summed E-state index contributed by atoms with van der Waals surface area (Å²) in [6.07, 6.45) is 1.66. The lowest BCUT2D eigenvalue weighted by molar-refractivity contribution is -0.124. The summed E-state index contributed by atoms with van der Waals surface area (Å²) in [6, 6.07) is 6.69. The van der Waals surface area contributed by atoms with Gasteiger partial charge in [0.05, 0.1) is 6.04 Å².